The SMILES string of the molecule is CC1CC(Nc2ccccc2-n2cccn2)C1. The lowest BCUT2D eigenvalue weighted by Crippen LogP contribution is -2.34. The molecule has 0 bridgehead atoms. The van der Waals surface area contributed by atoms with E-state index < -0.39 is 0 Å². The van der Waals surface area contributed by atoms with E-state index in [9.17, 15) is 0 Å². The van der Waals surface area contributed by atoms with Crippen molar-refractivity contribution in [3.05, 3.63) is 42.7 Å². The smallest absolute Gasteiger partial charge is 0.0876 e. The van der Waals surface area contributed by atoms with Crippen molar-refractivity contribution < 1.29 is 0 Å². The molecular formula is C14H17N3. The van der Waals surface area contributed by atoms with Crippen LogP contribution in [-0.4, -0.2) is 15.8 Å². The predicted octanol–water partition coefficient (Wildman–Crippen LogP) is 3.08. The lowest BCUT2D eigenvalue weighted by atomic mass is 9.82. The maximum absolute atomic E-state index is 4.29. The second kappa shape index (κ2) is 4.24. The van der Waals surface area contributed by atoms with E-state index in [1.165, 1.54) is 18.5 Å². The van der Waals surface area contributed by atoms with E-state index >= 15 is 0 Å². The molecule has 1 aromatic heterocycles. The number of aromatic nitrogens is 2. The molecule has 1 aromatic carbocycles. The number of nitrogens with zero attached hydrogens (tertiary/aromatic N) is 2. The van der Waals surface area contributed by atoms with E-state index in [4.69, 9.17) is 0 Å². The molecule has 3 nitrogen and oxygen atoms in total. The van der Waals surface area contributed by atoms with Gasteiger partial charge in [0.1, 0.15) is 0 Å². The Bertz CT molecular complexity index is 484. The van der Waals surface area contributed by atoms with Gasteiger partial charge in [-0.1, -0.05) is 19.1 Å². The minimum absolute atomic E-state index is 0.627. The first kappa shape index (κ1) is 10.4. The van der Waals surface area contributed by atoms with Crippen LogP contribution in [0.1, 0.15) is 19.8 Å². The highest BCUT2D eigenvalue weighted by atomic mass is 15.3. The largest absolute Gasteiger partial charge is 0.381 e. The summed E-state index contributed by atoms with van der Waals surface area (Å²) in [6.45, 7) is 2.30. The van der Waals surface area contributed by atoms with Gasteiger partial charge < -0.3 is 5.32 Å². The standard InChI is InChI=1S/C14H17N3/c1-11-9-12(10-11)16-13-5-2-3-6-14(13)17-8-4-7-15-17/h2-8,11-12,16H,9-10H2,1H3. The first-order valence-corrected chi connectivity index (χ1v) is 6.18. The molecule has 0 radical (unpaired) electrons. The van der Waals surface area contributed by atoms with Crippen molar-refractivity contribution >= 4 is 5.69 Å². The highest BCUT2D eigenvalue weighted by Crippen LogP contribution is 2.31. The van der Waals surface area contributed by atoms with E-state index in [1.807, 2.05) is 29.2 Å². The second-order valence-corrected chi connectivity index (χ2v) is 4.89. The molecule has 3 heteroatoms. The first-order chi connectivity index (χ1) is 8.33. The summed E-state index contributed by atoms with van der Waals surface area (Å²) in [5, 5.41) is 7.89. The summed E-state index contributed by atoms with van der Waals surface area (Å²) < 4.78 is 1.91. The van der Waals surface area contributed by atoms with Gasteiger partial charge in [-0.15, -0.1) is 0 Å². The molecule has 1 heterocycles. The van der Waals surface area contributed by atoms with Crippen molar-refractivity contribution in [1.82, 2.24) is 9.78 Å². The van der Waals surface area contributed by atoms with E-state index in [0.717, 1.165) is 11.6 Å². The molecule has 1 N–H and O–H groups in total. The van der Waals surface area contributed by atoms with Crippen LogP contribution in [0.5, 0.6) is 0 Å². The van der Waals surface area contributed by atoms with E-state index in [0.29, 0.717) is 6.04 Å². The zero-order chi connectivity index (χ0) is 11.7. The number of nitrogens with one attached hydrogen (secondary N) is 1. The van der Waals surface area contributed by atoms with Crippen LogP contribution in [0.2, 0.25) is 0 Å². The van der Waals surface area contributed by atoms with E-state index in [1.54, 1.807) is 0 Å². The molecule has 0 amide bonds. The Labute approximate surface area is 101 Å². The zero-order valence-corrected chi connectivity index (χ0v) is 10.0. The van der Waals surface area contributed by atoms with Crippen LogP contribution < -0.4 is 5.32 Å². The monoisotopic (exact) mass is 227 g/mol. The van der Waals surface area contributed by atoms with Gasteiger partial charge in [-0.05, 0) is 37.0 Å². The Hall–Kier alpha value is -1.77. The van der Waals surface area contributed by atoms with Crippen LogP contribution in [-0.2, 0) is 0 Å². The van der Waals surface area contributed by atoms with Crippen molar-refractivity contribution in [3.63, 3.8) is 0 Å². The van der Waals surface area contributed by atoms with Crippen molar-refractivity contribution in [2.45, 2.75) is 25.8 Å². The number of benzene rings is 1. The molecule has 1 aliphatic carbocycles. The van der Waals surface area contributed by atoms with Crippen LogP contribution in [0.4, 0.5) is 5.69 Å². The summed E-state index contributed by atoms with van der Waals surface area (Å²) in [4.78, 5) is 0. The van der Waals surface area contributed by atoms with Gasteiger partial charge in [0.15, 0.2) is 0 Å². The van der Waals surface area contributed by atoms with Gasteiger partial charge in [0, 0.05) is 18.4 Å². The highest BCUT2D eigenvalue weighted by molar-refractivity contribution is 5.61. The van der Waals surface area contributed by atoms with Gasteiger partial charge in [0.2, 0.25) is 0 Å². The number of hydrogen-bond donors (Lipinski definition) is 1. The summed E-state index contributed by atoms with van der Waals surface area (Å²) in [5.41, 5.74) is 2.30. The Balaban J connectivity index is 1.84. The fourth-order valence-corrected chi connectivity index (χ4v) is 2.45. The van der Waals surface area contributed by atoms with Crippen molar-refractivity contribution in [2.24, 2.45) is 5.92 Å². The molecule has 17 heavy (non-hydrogen) atoms. The summed E-state index contributed by atoms with van der Waals surface area (Å²) in [7, 11) is 0. The molecule has 0 spiro atoms. The maximum atomic E-state index is 4.29. The molecule has 1 fully saturated rings. The van der Waals surface area contributed by atoms with E-state index in [2.05, 4.69) is 35.5 Å². The molecule has 88 valence electrons. The van der Waals surface area contributed by atoms with Crippen LogP contribution in [0.3, 0.4) is 0 Å². The average molecular weight is 227 g/mol. The minimum atomic E-state index is 0.627. The van der Waals surface area contributed by atoms with Crippen molar-refractivity contribution in [2.75, 3.05) is 5.32 Å². The quantitative estimate of drug-likeness (QED) is 0.873. The zero-order valence-electron chi connectivity index (χ0n) is 10.0. The highest BCUT2D eigenvalue weighted by Gasteiger charge is 2.25. The lowest BCUT2D eigenvalue weighted by Gasteiger charge is -2.34. The molecular weight excluding hydrogens is 210 g/mol. The van der Waals surface area contributed by atoms with Gasteiger partial charge in [-0.3, -0.25) is 0 Å². The van der Waals surface area contributed by atoms with Crippen molar-refractivity contribution in [1.29, 1.82) is 0 Å². The van der Waals surface area contributed by atoms with Gasteiger partial charge in [0.25, 0.3) is 0 Å². The molecule has 1 saturated carbocycles. The first-order valence-electron chi connectivity index (χ1n) is 6.18. The maximum Gasteiger partial charge on any atom is 0.0876 e. The Morgan fingerprint density at radius 2 is 2.06 bits per heavy atom. The summed E-state index contributed by atoms with van der Waals surface area (Å²) in [6, 6.07) is 10.9. The Morgan fingerprint density at radius 3 is 2.76 bits per heavy atom. The Morgan fingerprint density at radius 1 is 1.24 bits per heavy atom. The summed E-state index contributed by atoms with van der Waals surface area (Å²) in [6.07, 6.45) is 6.33. The van der Waals surface area contributed by atoms with Gasteiger partial charge in [0.05, 0.1) is 11.4 Å². The topological polar surface area (TPSA) is 29.9 Å². The van der Waals surface area contributed by atoms with Gasteiger partial charge in [-0.25, -0.2) is 4.68 Å². The second-order valence-electron chi connectivity index (χ2n) is 4.89. The fraction of sp³-hybridized carbons (Fsp3) is 0.357. The molecule has 3 rings (SSSR count). The minimum Gasteiger partial charge on any atom is -0.381 e. The molecule has 0 saturated heterocycles. The summed E-state index contributed by atoms with van der Waals surface area (Å²) >= 11 is 0. The number of para-hydroxylation sites is 2. The van der Waals surface area contributed by atoms with Gasteiger partial charge >= 0.3 is 0 Å². The van der Waals surface area contributed by atoms with Crippen LogP contribution >= 0.6 is 0 Å². The van der Waals surface area contributed by atoms with Crippen molar-refractivity contribution in [3.8, 4) is 5.69 Å². The van der Waals surface area contributed by atoms with Gasteiger partial charge in [-0.2, -0.15) is 5.10 Å². The molecule has 0 unspecified atom stereocenters. The van der Waals surface area contributed by atoms with Crippen LogP contribution in [0.25, 0.3) is 5.69 Å². The number of hydrogen-bond acceptors (Lipinski definition) is 2. The third kappa shape index (κ3) is 2.05. The molecule has 1 aliphatic rings. The predicted molar refractivity (Wildman–Crippen MR) is 69.4 cm³/mol. The summed E-state index contributed by atoms with van der Waals surface area (Å²) in [5.74, 6) is 0.865. The van der Waals surface area contributed by atoms with Crippen LogP contribution in [0, 0.1) is 5.92 Å². The molecule has 2 aromatic rings. The third-order valence-corrected chi connectivity index (χ3v) is 3.39. The number of anilines is 1. The average Bonchev–Trinajstić information content (AvgIpc) is 2.81. The van der Waals surface area contributed by atoms with Crippen LogP contribution in [0.15, 0.2) is 42.7 Å². The fourth-order valence-electron chi connectivity index (χ4n) is 2.45. The molecule has 0 aliphatic heterocycles. The normalized spacial score (nSPS) is 23.1. The van der Waals surface area contributed by atoms with E-state index in [-0.39, 0.29) is 0 Å². The molecule has 0 atom stereocenters. The Kier molecular flexibility index (Phi) is 2.59. The number of rotatable bonds is 3. The lowest BCUT2D eigenvalue weighted by molar-refractivity contribution is 0.309. The third-order valence-electron chi connectivity index (χ3n) is 3.39.